The van der Waals surface area contributed by atoms with Gasteiger partial charge in [0.05, 0.1) is 42.7 Å². The molecular formula is C14H14ClN3O2. The first-order chi connectivity index (χ1) is 9.70. The first-order valence-electron chi connectivity index (χ1n) is 6.33. The summed E-state index contributed by atoms with van der Waals surface area (Å²) in [5, 5.41) is 4.71. The van der Waals surface area contributed by atoms with Crippen molar-refractivity contribution >= 4 is 17.5 Å². The van der Waals surface area contributed by atoms with Crippen LogP contribution in [0.15, 0.2) is 30.5 Å². The van der Waals surface area contributed by atoms with Gasteiger partial charge in [0.25, 0.3) is 5.91 Å². The lowest BCUT2D eigenvalue weighted by atomic mass is 10.1. The van der Waals surface area contributed by atoms with Crippen LogP contribution in [0.1, 0.15) is 16.1 Å². The lowest BCUT2D eigenvalue weighted by Gasteiger charge is -2.28. The fourth-order valence-electron chi connectivity index (χ4n) is 2.37. The van der Waals surface area contributed by atoms with Crippen molar-refractivity contribution in [2.75, 3.05) is 13.7 Å². The van der Waals surface area contributed by atoms with Crippen LogP contribution >= 0.6 is 11.6 Å². The van der Waals surface area contributed by atoms with Crippen molar-refractivity contribution in [3.8, 4) is 5.75 Å². The first kappa shape index (κ1) is 13.0. The average molecular weight is 292 g/mol. The maximum absolute atomic E-state index is 12.5. The molecule has 5 nitrogen and oxygen atoms in total. The largest absolute Gasteiger partial charge is 0.493 e. The van der Waals surface area contributed by atoms with Gasteiger partial charge in [-0.15, -0.1) is 0 Å². The fraction of sp³-hybridized carbons (Fsp3) is 0.286. The lowest BCUT2D eigenvalue weighted by Crippen LogP contribution is -2.38. The highest BCUT2D eigenvalue weighted by atomic mass is 35.5. The highest BCUT2D eigenvalue weighted by molar-refractivity contribution is 6.33. The van der Waals surface area contributed by atoms with Crippen LogP contribution in [0.4, 0.5) is 0 Å². The zero-order valence-electron chi connectivity index (χ0n) is 11.0. The van der Waals surface area contributed by atoms with Crippen LogP contribution in [-0.2, 0) is 13.1 Å². The van der Waals surface area contributed by atoms with E-state index < -0.39 is 0 Å². The molecule has 0 unspecified atom stereocenters. The molecule has 2 aromatic rings. The Balaban J connectivity index is 1.87. The molecule has 1 aromatic carbocycles. The molecule has 6 heteroatoms. The molecule has 0 fully saturated rings. The second-order valence-corrected chi connectivity index (χ2v) is 5.00. The summed E-state index contributed by atoms with van der Waals surface area (Å²) < 4.78 is 7.13. The highest BCUT2D eigenvalue weighted by Crippen LogP contribution is 2.25. The molecule has 0 spiro atoms. The van der Waals surface area contributed by atoms with Crippen molar-refractivity contribution in [1.29, 1.82) is 0 Å². The molecule has 0 aliphatic carbocycles. The van der Waals surface area contributed by atoms with Gasteiger partial charge in [-0.1, -0.05) is 23.7 Å². The number of halogens is 1. The molecule has 0 atom stereocenters. The Labute approximate surface area is 121 Å². The zero-order chi connectivity index (χ0) is 14.1. The minimum atomic E-state index is -0.0647. The number of fused-ring (bicyclic) bond motifs is 1. The number of carbonyl (C=O) groups is 1. The molecule has 104 valence electrons. The van der Waals surface area contributed by atoms with Crippen molar-refractivity contribution in [3.63, 3.8) is 0 Å². The molecule has 0 bridgehead atoms. The minimum Gasteiger partial charge on any atom is -0.493 e. The van der Waals surface area contributed by atoms with Gasteiger partial charge in [0.2, 0.25) is 0 Å². The van der Waals surface area contributed by atoms with Crippen molar-refractivity contribution in [3.05, 3.63) is 46.7 Å². The van der Waals surface area contributed by atoms with E-state index in [-0.39, 0.29) is 5.91 Å². The number of carbonyl (C=O) groups excluding carboxylic acids is 1. The van der Waals surface area contributed by atoms with Gasteiger partial charge < -0.3 is 9.64 Å². The van der Waals surface area contributed by atoms with E-state index in [2.05, 4.69) is 5.10 Å². The fourth-order valence-corrected chi connectivity index (χ4v) is 2.59. The molecule has 2 heterocycles. The quantitative estimate of drug-likeness (QED) is 0.852. The van der Waals surface area contributed by atoms with Gasteiger partial charge in [-0.2, -0.15) is 5.10 Å². The molecule has 0 saturated heterocycles. The van der Waals surface area contributed by atoms with E-state index in [0.717, 1.165) is 5.69 Å². The third kappa shape index (κ3) is 2.14. The van der Waals surface area contributed by atoms with Gasteiger partial charge in [0.15, 0.2) is 5.75 Å². The van der Waals surface area contributed by atoms with Gasteiger partial charge in [0, 0.05) is 6.54 Å². The van der Waals surface area contributed by atoms with E-state index in [0.29, 0.717) is 36.0 Å². The number of amides is 1. The molecule has 1 aliphatic heterocycles. The topological polar surface area (TPSA) is 47.4 Å². The summed E-state index contributed by atoms with van der Waals surface area (Å²) in [5.41, 5.74) is 1.44. The van der Waals surface area contributed by atoms with E-state index in [4.69, 9.17) is 16.3 Å². The number of methoxy groups -OCH3 is 1. The number of nitrogens with zero attached hydrogens (tertiary/aromatic N) is 3. The molecule has 20 heavy (non-hydrogen) atoms. The normalized spacial score (nSPS) is 14.0. The van der Waals surface area contributed by atoms with Crippen LogP contribution in [0.25, 0.3) is 0 Å². The van der Waals surface area contributed by atoms with Gasteiger partial charge in [-0.25, -0.2) is 0 Å². The number of aromatic nitrogens is 2. The lowest BCUT2D eigenvalue weighted by molar-refractivity contribution is 0.0704. The molecule has 0 radical (unpaired) electrons. The standard InChI is InChI=1S/C14H14ClN3O2/c1-20-13-8-16-18-7-6-17(9-12(13)18)14(19)10-4-2-3-5-11(10)15/h2-5,8H,6-7,9H2,1H3. The maximum atomic E-state index is 12.5. The summed E-state index contributed by atoms with van der Waals surface area (Å²) in [7, 11) is 1.60. The summed E-state index contributed by atoms with van der Waals surface area (Å²) in [5.74, 6) is 0.645. The smallest absolute Gasteiger partial charge is 0.255 e. The third-order valence-corrected chi connectivity index (χ3v) is 3.77. The van der Waals surface area contributed by atoms with E-state index in [1.54, 1.807) is 30.3 Å². The summed E-state index contributed by atoms with van der Waals surface area (Å²) in [6.45, 7) is 1.75. The van der Waals surface area contributed by atoms with Gasteiger partial charge >= 0.3 is 0 Å². The number of hydrogen-bond acceptors (Lipinski definition) is 3. The molecule has 0 N–H and O–H groups in total. The van der Waals surface area contributed by atoms with Crippen LogP contribution < -0.4 is 4.74 Å². The molecular weight excluding hydrogens is 278 g/mol. The van der Waals surface area contributed by atoms with Crippen molar-refractivity contribution in [1.82, 2.24) is 14.7 Å². The summed E-state index contributed by atoms with van der Waals surface area (Å²) in [6, 6.07) is 7.10. The van der Waals surface area contributed by atoms with Crippen LogP contribution in [-0.4, -0.2) is 34.2 Å². The van der Waals surface area contributed by atoms with E-state index in [9.17, 15) is 4.79 Å². The van der Waals surface area contributed by atoms with Gasteiger partial charge in [-0.3, -0.25) is 9.48 Å². The third-order valence-electron chi connectivity index (χ3n) is 3.44. The molecule has 0 saturated carbocycles. The molecule has 1 aromatic heterocycles. The second-order valence-electron chi connectivity index (χ2n) is 4.59. The Hall–Kier alpha value is -2.01. The van der Waals surface area contributed by atoms with E-state index >= 15 is 0 Å². The number of benzene rings is 1. The summed E-state index contributed by atoms with van der Waals surface area (Å²) >= 11 is 6.09. The van der Waals surface area contributed by atoms with Crippen LogP contribution in [0.5, 0.6) is 5.75 Å². The Morgan fingerprint density at radius 1 is 1.35 bits per heavy atom. The molecule has 1 amide bonds. The Kier molecular flexibility index (Phi) is 3.36. The van der Waals surface area contributed by atoms with E-state index in [1.807, 2.05) is 16.8 Å². The number of hydrogen-bond donors (Lipinski definition) is 0. The van der Waals surface area contributed by atoms with Crippen molar-refractivity contribution < 1.29 is 9.53 Å². The van der Waals surface area contributed by atoms with E-state index in [1.165, 1.54) is 0 Å². The van der Waals surface area contributed by atoms with Crippen molar-refractivity contribution in [2.24, 2.45) is 0 Å². The van der Waals surface area contributed by atoms with Crippen molar-refractivity contribution in [2.45, 2.75) is 13.1 Å². The zero-order valence-corrected chi connectivity index (χ0v) is 11.8. The molecule has 1 aliphatic rings. The van der Waals surface area contributed by atoms with Crippen LogP contribution in [0, 0.1) is 0 Å². The minimum absolute atomic E-state index is 0.0647. The van der Waals surface area contributed by atoms with Gasteiger partial charge in [0.1, 0.15) is 0 Å². The summed E-state index contributed by atoms with van der Waals surface area (Å²) in [4.78, 5) is 14.3. The van der Waals surface area contributed by atoms with Gasteiger partial charge in [-0.05, 0) is 12.1 Å². The number of ether oxygens (including phenoxy) is 1. The number of rotatable bonds is 2. The van der Waals surface area contributed by atoms with Crippen LogP contribution in [0.2, 0.25) is 5.02 Å². The Bertz CT molecular complexity index is 640. The maximum Gasteiger partial charge on any atom is 0.255 e. The predicted molar refractivity (Wildman–Crippen MR) is 75.0 cm³/mol. The summed E-state index contributed by atoms with van der Waals surface area (Å²) in [6.07, 6.45) is 1.68. The Morgan fingerprint density at radius 2 is 2.15 bits per heavy atom. The Morgan fingerprint density at radius 3 is 2.90 bits per heavy atom. The molecule has 3 rings (SSSR count). The van der Waals surface area contributed by atoms with Crippen LogP contribution in [0.3, 0.4) is 0 Å². The highest BCUT2D eigenvalue weighted by Gasteiger charge is 2.26. The second kappa shape index (κ2) is 5.17. The average Bonchev–Trinajstić information content (AvgIpc) is 2.89. The monoisotopic (exact) mass is 291 g/mol. The SMILES string of the molecule is COc1cnn2c1CN(C(=O)c1ccccc1Cl)CC2. The first-order valence-corrected chi connectivity index (χ1v) is 6.71. The predicted octanol–water partition coefficient (Wildman–Crippen LogP) is 2.20.